The van der Waals surface area contributed by atoms with Crippen molar-refractivity contribution in [1.82, 2.24) is 24.5 Å². The first-order valence-electron chi connectivity index (χ1n) is 12.1. The van der Waals surface area contributed by atoms with Gasteiger partial charge >= 0.3 is 0 Å². The van der Waals surface area contributed by atoms with Gasteiger partial charge in [-0.15, -0.1) is 0 Å². The number of pyridine rings is 1. The molecular formula is C26H29F2N5O2. The molecule has 3 atom stereocenters. The van der Waals surface area contributed by atoms with Crippen molar-refractivity contribution in [3.8, 4) is 0 Å². The molecule has 2 aliphatic heterocycles. The van der Waals surface area contributed by atoms with E-state index in [0.717, 1.165) is 38.1 Å². The number of nitrogens with one attached hydrogen (secondary N) is 1. The van der Waals surface area contributed by atoms with Crippen LogP contribution in [-0.2, 0) is 4.79 Å². The summed E-state index contributed by atoms with van der Waals surface area (Å²) < 4.78 is 30.6. The van der Waals surface area contributed by atoms with E-state index in [-0.39, 0.29) is 30.0 Å². The molecule has 0 spiro atoms. The second kappa shape index (κ2) is 9.73. The van der Waals surface area contributed by atoms with Gasteiger partial charge in [-0.3, -0.25) is 14.5 Å². The van der Waals surface area contributed by atoms with Crippen LogP contribution in [0.1, 0.15) is 48.0 Å². The fourth-order valence-electron chi connectivity index (χ4n) is 5.35. The Morgan fingerprint density at radius 2 is 1.94 bits per heavy atom. The van der Waals surface area contributed by atoms with Gasteiger partial charge in [0.2, 0.25) is 5.91 Å². The Bertz CT molecular complexity index is 1240. The van der Waals surface area contributed by atoms with Gasteiger partial charge in [-0.05, 0) is 75.2 Å². The monoisotopic (exact) mass is 481 g/mol. The molecular weight excluding hydrogens is 452 g/mol. The van der Waals surface area contributed by atoms with Crippen LogP contribution in [0, 0.1) is 11.6 Å². The average Bonchev–Trinajstić information content (AvgIpc) is 3.57. The van der Waals surface area contributed by atoms with Gasteiger partial charge in [0.15, 0.2) is 0 Å². The summed E-state index contributed by atoms with van der Waals surface area (Å²) >= 11 is 0. The van der Waals surface area contributed by atoms with Gasteiger partial charge in [-0.2, -0.15) is 0 Å². The van der Waals surface area contributed by atoms with E-state index >= 15 is 0 Å². The van der Waals surface area contributed by atoms with E-state index in [9.17, 15) is 18.4 Å². The van der Waals surface area contributed by atoms with Crippen LogP contribution in [0.15, 0.2) is 49.1 Å². The maximum absolute atomic E-state index is 14.8. The maximum Gasteiger partial charge on any atom is 0.256 e. The standard InChI is InChI=1S/C26H29F2N5O2/c1-17(31-9-2-3-10-31)25(34)30-23-15-32(12-8-19(23)21-13-18(27)6-7-22(21)28)26(35)20-5-4-11-33-16-29-14-24(20)33/h4-7,11,13-14,16-17,19,23H,2-3,8-10,12,15H2,1H3,(H,30,34)/t17-,19+,23-/m1/s1. The van der Waals surface area contributed by atoms with Gasteiger partial charge in [0.1, 0.15) is 11.6 Å². The highest BCUT2D eigenvalue weighted by molar-refractivity contribution is 6.00. The largest absolute Gasteiger partial charge is 0.350 e. The van der Waals surface area contributed by atoms with Crippen molar-refractivity contribution < 1.29 is 18.4 Å². The molecule has 1 aromatic carbocycles. The second-order valence-electron chi connectivity index (χ2n) is 9.45. The first kappa shape index (κ1) is 23.4. The summed E-state index contributed by atoms with van der Waals surface area (Å²) in [7, 11) is 0. The number of piperidine rings is 1. The van der Waals surface area contributed by atoms with Gasteiger partial charge in [-0.1, -0.05) is 0 Å². The average molecular weight is 482 g/mol. The molecule has 3 aromatic rings. The summed E-state index contributed by atoms with van der Waals surface area (Å²) in [4.78, 5) is 34.6. The summed E-state index contributed by atoms with van der Waals surface area (Å²) in [6, 6.07) is 6.07. The second-order valence-corrected chi connectivity index (χ2v) is 9.45. The molecule has 0 radical (unpaired) electrons. The number of halogens is 2. The van der Waals surface area contributed by atoms with Crippen molar-refractivity contribution in [1.29, 1.82) is 0 Å². The number of hydrogen-bond donors (Lipinski definition) is 1. The van der Waals surface area contributed by atoms with Gasteiger partial charge in [0.05, 0.1) is 35.7 Å². The lowest BCUT2D eigenvalue weighted by molar-refractivity contribution is -0.126. The normalized spacial score (nSPS) is 21.9. The van der Waals surface area contributed by atoms with Gasteiger partial charge in [0, 0.05) is 25.2 Å². The fraction of sp³-hybridized carbons (Fsp3) is 0.423. The van der Waals surface area contributed by atoms with Gasteiger partial charge < -0.3 is 14.6 Å². The number of carbonyl (C=O) groups is 2. The number of rotatable bonds is 5. The van der Waals surface area contributed by atoms with Crippen LogP contribution >= 0.6 is 0 Å². The van der Waals surface area contributed by atoms with E-state index in [1.807, 2.05) is 13.1 Å². The third kappa shape index (κ3) is 4.65. The molecule has 0 saturated carbocycles. The molecule has 0 bridgehead atoms. The number of carbonyl (C=O) groups excluding carboxylic acids is 2. The highest BCUT2D eigenvalue weighted by Gasteiger charge is 2.37. The minimum Gasteiger partial charge on any atom is -0.350 e. The van der Waals surface area contributed by atoms with Crippen LogP contribution in [0.5, 0.6) is 0 Å². The molecule has 0 aliphatic carbocycles. The summed E-state index contributed by atoms with van der Waals surface area (Å²) in [5, 5.41) is 3.08. The SMILES string of the molecule is C[C@H](C(=O)N[C@@H]1CN(C(=O)c2cccn3cncc23)CC[C@H]1c1cc(F)ccc1F)N1CCCC1. The van der Waals surface area contributed by atoms with Crippen LogP contribution in [0.25, 0.3) is 5.52 Å². The summed E-state index contributed by atoms with van der Waals surface area (Å²) in [5.74, 6) is -1.82. The lowest BCUT2D eigenvalue weighted by Gasteiger charge is -2.40. The van der Waals surface area contributed by atoms with Crippen molar-refractivity contribution in [2.75, 3.05) is 26.2 Å². The minimum atomic E-state index is -0.550. The zero-order valence-corrected chi connectivity index (χ0v) is 19.7. The number of imidazole rings is 1. The molecule has 5 rings (SSSR count). The molecule has 2 aromatic heterocycles. The topological polar surface area (TPSA) is 70.0 Å². The summed E-state index contributed by atoms with van der Waals surface area (Å²) in [6.07, 6.45) is 7.60. The number of likely N-dealkylation sites (tertiary alicyclic amines) is 2. The molecule has 2 saturated heterocycles. The van der Waals surface area contributed by atoms with Gasteiger partial charge in [-0.25, -0.2) is 13.8 Å². The van der Waals surface area contributed by atoms with E-state index in [4.69, 9.17) is 0 Å². The molecule has 35 heavy (non-hydrogen) atoms. The molecule has 4 heterocycles. The summed E-state index contributed by atoms with van der Waals surface area (Å²) in [5.41, 5.74) is 1.43. The number of amides is 2. The highest BCUT2D eigenvalue weighted by atomic mass is 19.1. The Morgan fingerprint density at radius 3 is 2.74 bits per heavy atom. The zero-order valence-electron chi connectivity index (χ0n) is 19.7. The predicted octanol–water partition coefficient (Wildman–Crippen LogP) is 3.21. The van der Waals surface area contributed by atoms with Crippen molar-refractivity contribution in [3.05, 3.63) is 71.8 Å². The third-order valence-electron chi connectivity index (χ3n) is 7.33. The number of benzene rings is 1. The lowest BCUT2D eigenvalue weighted by atomic mass is 9.84. The Balaban J connectivity index is 1.41. The molecule has 9 heteroatoms. The number of fused-ring (bicyclic) bond motifs is 1. The molecule has 2 aliphatic rings. The Morgan fingerprint density at radius 1 is 1.14 bits per heavy atom. The molecule has 7 nitrogen and oxygen atoms in total. The molecule has 184 valence electrons. The lowest BCUT2D eigenvalue weighted by Crippen LogP contribution is -2.56. The molecule has 0 unspecified atom stereocenters. The Labute approximate surface area is 202 Å². The molecule has 2 fully saturated rings. The van der Waals surface area contributed by atoms with Crippen LogP contribution < -0.4 is 5.32 Å². The first-order valence-corrected chi connectivity index (χ1v) is 12.1. The Kier molecular flexibility index (Phi) is 6.51. The number of aromatic nitrogens is 2. The fourth-order valence-corrected chi connectivity index (χ4v) is 5.35. The molecule has 1 N–H and O–H groups in total. The highest BCUT2D eigenvalue weighted by Crippen LogP contribution is 2.32. The quantitative estimate of drug-likeness (QED) is 0.608. The predicted molar refractivity (Wildman–Crippen MR) is 127 cm³/mol. The summed E-state index contributed by atoms with van der Waals surface area (Å²) in [6.45, 7) is 4.16. The smallest absolute Gasteiger partial charge is 0.256 e. The van der Waals surface area contributed by atoms with Crippen molar-refractivity contribution in [2.24, 2.45) is 0 Å². The van der Waals surface area contributed by atoms with E-state index < -0.39 is 23.6 Å². The first-order chi connectivity index (χ1) is 16.9. The number of hydrogen-bond acceptors (Lipinski definition) is 4. The van der Waals surface area contributed by atoms with Gasteiger partial charge in [0.25, 0.3) is 5.91 Å². The van der Waals surface area contributed by atoms with Crippen LogP contribution in [0.4, 0.5) is 8.78 Å². The van der Waals surface area contributed by atoms with Crippen molar-refractivity contribution >= 4 is 17.3 Å². The van der Waals surface area contributed by atoms with Crippen LogP contribution in [0.2, 0.25) is 0 Å². The number of nitrogens with zero attached hydrogens (tertiary/aromatic N) is 4. The van der Waals surface area contributed by atoms with E-state index in [0.29, 0.717) is 24.0 Å². The minimum absolute atomic E-state index is 0.161. The molecule has 2 amide bonds. The van der Waals surface area contributed by atoms with Crippen LogP contribution in [0.3, 0.4) is 0 Å². The van der Waals surface area contributed by atoms with E-state index in [1.165, 1.54) is 6.07 Å². The third-order valence-corrected chi connectivity index (χ3v) is 7.33. The van der Waals surface area contributed by atoms with E-state index in [1.54, 1.807) is 34.0 Å². The zero-order chi connectivity index (χ0) is 24.5. The van der Waals surface area contributed by atoms with Crippen molar-refractivity contribution in [2.45, 2.75) is 44.2 Å². The van der Waals surface area contributed by atoms with Crippen molar-refractivity contribution in [3.63, 3.8) is 0 Å². The van der Waals surface area contributed by atoms with Crippen LogP contribution in [-0.4, -0.2) is 69.3 Å². The Hall–Kier alpha value is -3.33. The maximum atomic E-state index is 14.8. The van der Waals surface area contributed by atoms with E-state index in [2.05, 4.69) is 15.2 Å².